The number of ketones is 1. The van der Waals surface area contributed by atoms with Crippen LogP contribution in [0.15, 0.2) is 54.1 Å². The molecule has 0 aromatic heterocycles. The van der Waals surface area contributed by atoms with E-state index in [1.807, 2.05) is 42.3 Å². The van der Waals surface area contributed by atoms with Crippen LogP contribution >= 0.6 is 0 Å². The molecule has 0 N–H and O–H groups in total. The number of anilines is 1. The summed E-state index contributed by atoms with van der Waals surface area (Å²) in [4.78, 5) is 24.2. The molecule has 0 heterocycles. The first-order valence-electron chi connectivity index (χ1n) is 6.88. The SMILES string of the molecule is CC1=CC(OCCC=O)(N(C)c2ccccc2)C=CC1=O. The van der Waals surface area contributed by atoms with Gasteiger partial charge in [0.25, 0.3) is 0 Å². The van der Waals surface area contributed by atoms with E-state index in [0.29, 0.717) is 18.6 Å². The van der Waals surface area contributed by atoms with E-state index in [-0.39, 0.29) is 5.78 Å². The van der Waals surface area contributed by atoms with Crippen LogP contribution in [0.5, 0.6) is 0 Å². The van der Waals surface area contributed by atoms with Crippen LogP contribution in [0.1, 0.15) is 13.3 Å². The number of ether oxygens (including phenoxy) is 1. The van der Waals surface area contributed by atoms with Crippen LogP contribution in [0.2, 0.25) is 0 Å². The van der Waals surface area contributed by atoms with Crippen LogP contribution in [-0.4, -0.2) is 31.4 Å². The largest absolute Gasteiger partial charge is 0.348 e. The van der Waals surface area contributed by atoms with Gasteiger partial charge in [0.05, 0.1) is 6.61 Å². The van der Waals surface area contributed by atoms with Crippen LogP contribution in [0.25, 0.3) is 0 Å². The fourth-order valence-electron chi connectivity index (χ4n) is 2.28. The van der Waals surface area contributed by atoms with E-state index < -0.39 is 5.72 Å². The van der Waals surface area contributed by atoms with E-state index in [4.69, 9.17) is 4.74 Å². The van der Waals surface area contributed by atoms with E-state index in [2.05, 4.69) is 0 Å². The summed E-state index contributed by atoms with van der Waals surface area (Å²) < 4.78 is 5.93. The van der Waals surface area contributed by atoms with Gasteiger partial charge in [-0.1, -0.05) is 18.2 Å². The van der Waals surface area contributed by atoms with Crippen molar-refractivity contribution in [2.45, 2.75) is 19.1 Å². The molecule has 4 heteroatoms. The van der Waals surface area contributed by atoms with Crippen LogP contribution in [-0.2, 0) is 14.3 Å². The van der Waals surface area contributed by atoms with Gasteiger partial charge in [-0.2, -0.15) is 0 Å². The fraction of sp³-hybridized carbons (Fsp3) is 0.294. The van der Waals surface area contributed by atoms with Crippen molar-refractivity contribution in [2.75, 3.05) is 18.6 Å². The highest BCUT2D eigenvalue weighted by atomic mass is 16.5. The lowest BCUT2D eigenvalue weighted by Gasteiger charge is -2.40. The van der Waals surface area contributed by atoms with Crippen molar-refractivity contribution in [3.05, 3.63) is 54.1 Å². The lowest BCUT2D eigenvalue weighted by atomic mass is 9.97. The third-order valence-corrected chi connectivity index (χ3v) is 3.52. The molecule has 21 heavy (non-hydrogen) atoms. The highest BCUT2D eigenvalue weighted by Gasteiger charge is 2.34. The first-order chi connectivity index (χ1) is 10.1. The molecule has 0 saturated heterocycles. The highest BCUT2D eigenvalue weighted by molar-refractivity contribution is 6.05. The number of likely N-dealkylation sites (N-methyl/N-ethyl adjacent to an activating group) is 1. The van der Waals surface area contributed by atoms with Crippen LogP contribution in [0.3, 0.4) is 0 Å². The Morgan fingerprint density at radius 2 is 2.00 bits per heavy atom. The van der Waals surface area contributed by atoms with Crippen molar-refractivity contribution < 1.29 is 14.3 Å². The number of hydrogen-bond donors (Lipinski definition) is 0. The molecule has 0 aliphatic heterocycles. The Morgan fingerprint density at radius 3 is 2.62 bits per heavy atom. The smallest absolute Gasteiger partial charge is 0.181 e. The van der Waals surface area contributed by atoms with Crippen LogP contribution in [0, 0.1) is 0 Å². The summed E-state index contributed by atoms with van der Waals surface area (Å²) in [5.41, 5.74) is 0.751. The topological polar surface area (TPSA) is 46.6 Å². The third kappa shape index (κ3) is 3.28. The van der Waals surface area contributed by atoms with Gasteiger partial charge in [0, 0.05) is 19.2 Å². The third-order valence-electron chi connectivity index (χ3n) is 3.52. The predicted molar refractivity (Wildman–Crippen MR) is 82.1 cm³/mol. The van der Waals surface area contributed by atoms with E-state index in [9.17, 15) is 9.59 Å². The quantitative estimate of drug-likeness (QED) is 0.458. The van der Waals surface area contributed by atoms with Crippen molar-refractivity contribution in [1.29, 1.82) is 0 Å². The maximum Gasteiger partial charge on any atom is 0.181 e. The molecular weight excluding hydrogens is 266 g/mol. The Bertz CT molecular complexity index is 577. The molecule has 1 aromatic carbocycles. The molecule has 0 saturated carbocycles. The Kier molecular flexibility index (Phi) is 4.70. The molecule has 4 nitrogen and oxygen atoms in total. The molecule has 1 aliphatic rings. The second kappa shape index (κ2) is 6.50. The monoisotopic (exact) mass is 285 g/mol. The van der Waals surface area contributed by atoms with Crippen molar-refractivity contribution in [1.82, 2.24) is 0 Å². The number of carbonyl (C=O) groups excluding carboxylic acids is 2. The number of aldehydes is 1. The second-order valence-corrected chi connectivity index (χ2v) is 4.98. The van der Waals surface area contributed by atoms with Gasteiger partial charge < -0.3 is 14.4 Å². The van der Waals surface area contributed by atoms with Crippen molar-refractivity contribution in [3.63, 3.8) is 0 Å². The molecule has 0 amide bonds. The number of para-hydroxylation sites is 1. The van der Waals surface area contributed by atoms with Gasteiger partial charge in [-0.15, -0.1) is 0 Å². The van der Waals surface area contributed by atoms with Crippen LogP contribution in [0.4, 0.5) is 5.69 Å². The molecule has 1 aliphatic carbocycles. The van der Waals surface area contributed by atoms with E-state index in [1.165, 1.54) is 6.08 Å². The molecule has 1 aromatic rings. The minimum absolute atomic E-state index is 0.0222. The predicted octanol–water partition coefficient (Wildman–Crippen LogP) is 2.51. The minimum atomic E-state index is -0.845. The fourth-order valence-corrected chi connectivity index (χ4v) is 2.28. The number of allylic oxidation sites excluding steroid dienone is 2. The normalized spacial score (nSPS) is 21.0. The maximum absolute atomic E-state index is 11.7. The number of hydrogen-bond acceptors (Lipinski definition) is 4. The summed E-state index contributed by atoms with van der Waals surface area (Å²) >= 11 is 0. The van der Waals surface area contributed by atoms with Gasteiger partial charge in [-0.05, 0) is 42.9 Å². The number of carbonyl (C=O) groups is 2. The van der Waals surface area contributed by atoms with Gasteiger partial charge in [0.1, 0.15) is 6.29 Å². The Balaban J connectivity index is 2.34. The molecule has 110 valence electrons. The van der Waals surface area contributed by atoms with Crippen molar-refractivity contribution >= 4 is 17.8 Å². The molecule has 1 atom stereocenters. The summed E-state index contributed by atoms with van der Waals surface area (Å²) in [6.45, 7) is 2.06. The molecule has 0 bridgehead atoms. The molecule has 0 fully saturated rings. The first-order valence-corrected chi connectivity index (χ1v) is 6.88. The summed E-state index contributed by atoms with van der Waals surface area (Å²) in [5, 5.41) is 0. The Morgan fingerprint density at radius 1 is 1.29 bits per heavy atom. The number of benzene rings is 1. The second-order valence-electron chi connectivity index (χ2n) is 4.98. The van der Waals surface area contributed by atoms with Gasteiger partial charge in [-0.25, -0.2) is 0 Å². The first kappa shape index (κ1) is 15.2. The summed E-state index contributed by atoms with van der Waals surface area (Å²) in [6, 6.07) is 9.77. The van der Waals surface area contributed by atoms with Crippen molar-refractivity contribution in [3.8, 4) is 0 Å². The van der Waals surface area contributed by atoms with Gasteiger partial charge >= 0.3 is 0 Å². The molecule has 0 radical (unpaired) electrons. The van der Waals surface area contributed by atoms with Gasteiger partial charge in [0.2, 0.25) is 0 Å². The van der Waals surface area contributed by atoms with Gasteiger partial charge in [-0.3, -0.25) is 4.79 Å². The zero-order valence-corrected chi connectivity index (χ0v) is 12.3. The lowest BCUT2D eigenvalue weighted by Crippen LogP contribution is -2.48. The zero-order valence-electron chi connectivity index (χ0n) is 12.3. The van der Waals surface area contributed by atoms with Gasteiger partial charge in [0.15, 0.2) is 11.5 Å². The number of rotatable bonds is 6. The zero-order chi connectivity index (χ0) is 15.3. The minimum Gasteiger partial charge on any atom is -0.348 e. The molecule has 0 spiro atoms. The lowest BCUT2D eigenvalue weighted by molar-refractivity contribution is -0.112. The van der Waals surface area contributed by atoms with Crippen molar-refractivity contribution in [2.24, 2.45) is 0 Å². The average Bonchev–Trinajstić information content (AvgIpc) is 2.51. The standard InChI is InChI=1S/C17H19NO3/c1-14-13-17(10-9-16(14)20,21-12-6-11-19)18(2)15-7-4-3-5-8-15/h3-5,7-11,13H,6,12H2,1-2H3. The molecule has 1 unspecified atom stereocenters. The molecule has 2 rings (SSSR count). The summed E-state index contributed by atoms with van der Waals surface area (Å²) in [7, 11) is 1.90. The average molecular weight is 285 g/mol. The maximum atomic E-state index is 11.7. The summed E-state index contributed by atoms with van der Waals surface area (Å²) in [5.74, 6) is -0.0222. The Labute approximate surface area is 124 Å². The van der Waals surface area contributed by atoms with E-state index >= 15 is 0 Å². The van der Waals surface area contributed by atoms with Crippen LogP contribution < -0.4 is 4.90 Å². The molecular formula is C17H19NO3. The number of nitrogens with zero attached hydrogens (tertiary/aromatic N) is 1. The van der Waals surface area contributed by atoms with E-state index in [0.717, 1.165) is 12.0 Å². The van der Waals surface area contributed by atoms with E-state index in [1.54, 1.807) is 19.1 Å². The Hall–Kier alpha value is -2.20. The highest BCUT2D eigenvalue weighted by Crippen LogP contribution is 2.30. The summed E-state index contributed by atoms with van der Waals surface area (Å²) in [6.07, 6.45) is 6.20.